The third-order valence-corrected chi connectivity index (χ3v) is 7.46. The van der Waals surface area contributed by atoms with Gasteiger partial charge in [0.05, 0.1) is 23.6 Å². The van der Waals surface area contributed by atoms with E-state index in [1.807, 2.05) is 45.9 Å². The van der Waals surface area contributed by atoms with E-state index in [0.29, 0.717) is 34.9 Å². The zero-order valence-electron chi connectivity index (χ0n) is 20.5. The van der Waals surface area contributed by atoms with Gasteiger partial charge in [-0.2, -0.15) is 5.10 Å². The summed E-state index contributed by atoms with van der Waals surface area (Å²) in [6.07, 6.45) is 0.387. The molecule has 5 rings (SSSR count). The summed E-state index contributed by atoms with van der Waals surface area (Å²) in [5, 5.41) is 14.3. The Morgan fingerprint density at radius 3 is 2.44 bits per heavy atom. The average Bonchev–Trinajstić information content (AvgIpc) is 3.18. The molecule has 2 aromatic heterocycles. The first-order valence-corrected chi connectivity index (χ1v) is 12.5. The molecule has 0 saturated heterocycles. The number of carbonyl (C=O) groups excluding carboxylic acids is 1. The molecule has 0 bridgehead atoms. The number of amides is 1. The molecular weight excluding hydrogens is 522 g/mol. The highest BCUT2D eigenvalue weighted by atomic mass is 79.9. The lowest BCUT2D eigenvalue weighted by Gasteiger charge is -2.34. The van der Waals surface area contributed by atoms with Gasteiger partial charge in [-0.3, -0.25) is 9.59 Å². The molecule has 1 atom stereocenters. The van der Waals surface area contributed by atoms with Crippen LogP contribution in [0.2, 0.25) is 0 Å². The number of aromatic hydroxyl groups is 1. The molecule has 4 aromatic rings. The Morgan fingerprint density at radius 1 is 1.08 bits per heavy atom. The van der Waals surface area contributed by atoms with Gasteiger partial charge in [0.2, 0.25) is 5.95 Å². The van der Waals surface area contributed by atoms with Crippen molar-refractivity contribution < 1.29 is 9.90 Å². The maximum atomic E-state index is 13.9. The van der Waals surface area contributed by atoms with E-state index in [1.165, 1.54) is 16.7 Å². The molecule has 0 saturated carbocycles. The number of aromatic nitrogens is 4. The third kappa shape index (κ3) is 4.13. The number of phenols is 1. The number of phenolic OH excluding ortho intramolecular Hbond substituents is 1. The molecule has 1 aliphatic heterocycles. The Kier molecular flexibility index (Phi) is 6.04. The van der Waals surface area contributed by atoms with Crippen molar-refractivity contribution >= 4 is 21.8 Å². The zero-order chi connectivity index (χ0) is 25.7. The van der Waals surface area contributed by atoms with E-state index in [1.54, 1.807) is 27.8 Å². The van der Waals surface area contributed by atoms with Crippen LogP contribution in [0.1, 0.15) is 45.5 Å². The van der Waals surface area contributed by atoms with Crippen LogP contribution in [0, 0.1) is 20.8 Å². The molecule has 9 heteroatoms. The van der Waals surface area contributed by atoms with Gasteiger partial charge in [0.1, 0.15) is 5.75 Å². The van der Waals surface area contributed by atoms with Crippen molar-refractivity contribution in [1.29, 1.82) is 0 Å². The Morgan fingerprint density at radius 2 is 1.81 bits per heavy atom. The van der Waals surface area contributed by atoms with Crippen LogP contribution in [0.3, 0.4) is 0 Å². The van der Waals surface area contributed by atoms with E-state index in [4.69, 9.17) is 4.98 Å². The standard InChI is InChI=1S/C27H26BrN5O3/c1-15-11-19(5-10-23(15)28)25(35)31-14-24-22(13-17(31)3)26(36)32(20-6-8-21(34)9-7-20)27(29-24)33-18(4)12-16(2)30-33/h5-12,17,34H,13-14H2,1-4H3/t17-/m1/s1. The number of hydrogen-bond acceptors (Lipinski definition) is 5. The van der Waals surface area contributed by atoms with Gasteiger partial charge < -0.3 is 10.0 Å². The quantitative estimate of drug-likeness (QED) is 0.410. The number of rotatable bonds is 3. The fourth-order valence-electron chi connectivity index (χ4n) is 4.67. The first-order valence-electron chi connectivity index (χ1n) is 11.7. The molecule has 2 aromatic carbocycles. The summed E-state index contributed by atoms with van der Waals surface area (Å²) in [7, 11) is 0. The number of halogens is 1. The highest BCUT2D eigenvalue weighted by Gasteiger charge is 2.32. The molecule has 0 unspecified atom stereocenters. The van der Waals surface area contributed by atoms with Crippen LogP contribution in [0.4, 0.5) is 0 Å². The third-order valence-electron chi connectivity index (χ3n) is 6.57. The summed E-state index contributed by atoms with van der Waals surface area (Å²) in [4.78, 5) is 34.0. The van der Waals surface area contributed by atoms with Crippen molar-refractivity contribution in [3.63, 3.8) is 0 Å². The second-order valence-corrected chi connectivity index (χ2v) is 10.1. The minimum Gasteiger partial charge on any atom is -0.508 e. The number of benzene rings is 2. The van der Waals surface area contributed by atoms with Gasteiger partial charge in [0.15, 0.2) is 0 Å². The Labute approximate surface area is 217 Å². The first kappa shape index (κ1) is 24.0. The smallest absolute Gasteiger partial charge is 0.263 e. The summed E-state index contributed by atoms with van der Waals surface area (Å²) in [6, 6.07) is 13.7. The van der Waals surface area contributed by atoms with Crippen LogP contribution in [0.25, 0.3) is 11.6 Å². The van der Waals surface area contributed by atoms with E-state index >= 15 is 0 Å². The maximum Gasteiger partial charge on any atom is 0.263 e. The Bertz CT molecular complexity index is 1560. The molecule has 8 nitrogen and oxygen atoms in total. The van der Waals surface area contributed by atoms with Crippen molar-refractivity contribution in [2.24, 2.45) is 0 Å². The number of hydrogen-bond donors (Lipinski definition) is 1. The normalized spacial score (nSPS) is 15.1. The van der Waals surface area contributed by atoms with Gasteiger partial charge in [-0.05, 0) is 88.2 Å². The van der Waals surface area contributed by atoms with Gasteiger partial charge in [-0.25, -0.2) is 14.2 Å². The van der Waals surface area contributed by atoms with E-state index in [-0.39, 0.29) is 29.8 Å². The zero-order valence-corrected chi connectivity index (χ0v) is 22.1. The molecule has 3 heterocycles. The SMILES string of the molecule is Cc1cc(C)n(-c2nc3c(c(=O)n2-c2ccc(O)cc2)C[C@@H](C)N(C(=O)c2ccc(Br)c(C)c2)C3)n1. The van der Waals surface area contributed by atoms with E-state index in [9.17, 15) is 14.7 Å². The summed E-state index contributed by atoms with van der Waals surface area (Å²) in [5.41, 5.74) is 4.73. The summed E-state index contributed by atoms with van der Waals surface area (Å²) in [6.45, 7) is 7.91. The minimum atomic E-state index is -0.202. The first-order chi connectivity index (χ1) is 17.1. The average molecular weight is 548 g/mol. The van der Waals surface area contributed by atoms with E-state index in [2.05, 4.69) is 21.0 Å². The molecule has 36 heavy (non-hydrogen) atoms. The minimum absolute atomic E-state index is 0.0964. The molecule has 0 radical (unpaired) electrons. The van der Waals surface area contributed by atoms with Crippen molar-refractivity contribution in [1.82, 2.24) is 24.2 Å². The van der Waals surface area contributed by atoms with E-state index in [0.717, 1.165) is 21.4 Å². The summed E-state index contributed by atoms with van der Waals surface area (Å²) in [5.74, 6) is 0.355. The van der Waals surface area contributed by atoms with Crippen molar-refractivity contribution in [3.8, 4) is 17.4 Å². The second kappa shape index (κ2) is 9.05. The molecular formula is C27H26BrN5O3. The van der Waals surface area contributed by atoms with Crippen LogP contribution in [-0.4, -0.2) is 41.3 Å². The van der Waals surface area contributed by atoms with E-state index < -0.39 is 0 Å². The molecule has 184 valence electrons. The molecule has 0 fully saturated rings. The number of carbonyl (C=O) groups is 1. The fraction of sp³-hybridized carbons (Fsp3) is 0.259. The van der Waals surface area contributed by atoms with Crippen molar-refractivity contribution in [2.45, 2.75) is 46.7 Å². The van der Waals surface area contributed by atoms with Crippen LogP contribution >= 0.6 is 15.9 Å². The summed E-state index contributed by atoms with van der Waals surface area (Å²) >= 11 is 3.49. The molecule has 1 amide bonds. The molecule has 0 aliphatic carbocycles. The van der Waals surface area contributed by atoms with Crippen molar-refractivity contribution in [3.05, 3.63) is 97.1 Å². The fourth-order valence-corrected chi connectivity index (χ4v) is 4.92. The lowest BCUT2D eigenvalue weighted by molar-refractivity contribution is 0.0652. The lowest BCUT2D eigenvalue weighted by atomic mass is 9.98. The number of aryl methyl sites for hydroxylation is 3. The lowest BCUT2D eigenvalue weighted by Crippen LogP contribution is -2.46. The van der Waals surface area contributed by atoms with Gasteiger partial charge in [-0.1, -0.05) is 15.9 Å². The van der Waals surface area contributed by atoms with Crippen molar-refractivity contribution in [2.75, 3.05) is 0 Å². The number of nitrogens with zero attached hydrogens (tertiary/aromatic N) is 5. The Balaban J connectivity index is 1.65. The number of fused-ring (bicyclic) bond motifs is 1. The predicted molar refractivity (Wildman–Crippen MR) is 140 cm³/mol. The van der Waals surface area contributed by atoms with Gasteiger partial charge in [-0.15, -0.1) is 0 Å². The molecule has 0 spiro atoms. The summed E-state index contributed by atoms with van der Waals surface area (Å²) < 4.78 is 4.12. The monoisotopic (exact) mass is 547 g/mol. The van der Waals surface area contributed by atoms with Gasteiger partial charge in [0.25, 0.3) is 11.5 Å². The molecule has 1 N–H and O–H groups in total. The van der Waals surface area contributed by atoms with Gasteiger partial charge >= 0.3 is 0 Å². The highest BCUT2D eigenvalue weighted by molar-refractivity contribution is 9.10. The van der Waals surface area contributed by atoms with Crippen LogP contribution in [0.15, 0.2) is 57.8 Å². The van der Waals surface area contributed by atoms with Crippen LogP contribution in [0.5, 0.6) is 5.75 Å². The second-order valence-electron chi connectivity index (χ2n) is 9.28. The maximum absolute atomic E-state index is 13.9. The van der Waals surface area contributed by atoms with Gasteiger partial charge in [0, 0.05) is 27.3 Å². The largest absolute Gasteiger partial charge is 0.508 e. The Hall–Kier alpha value is -3.72. The topological polar surface area (TPSA) is 93.2 Å². The van der Waals surface area contributed by atoms with Crippen LogP contribution in [-0.2, 0) is 13.0 Å². The van der Waals surface area contributed by atoms with Crippen LogP contribution < -0.4 is 5.56 Å². The highest BCUT2D eigenvalue weighted by Crippen LogP contribution is 2.26. The predicted octanol–water partition coefficient (Wildman–Crippen LogP) is 4.40. The molecule has 1 aliphatic rings.